The van der Waals surface area contributed by atoms with Crippen molar-refractivity contribution in [3.63, 3.8) is 0 Å². The van der Waals surface area contributed by atoms with Crippen molar-refractivity contribution < 1.29 is 4.74 Å². The molecule has 1 N–H and O–H groups in total. The van der Waals surface area contributed by atoms with Crippen molar-refractivity contribution in [2.75, 3.05) is 7.11 Å². The van der Waals surface area contributed by atoms with Crippen LogP contribution in [0.5, 0.6) is 5.75 Å². The normalized spacial score (nSPS) is 12.2. The molecule has 20 heavy (non-hydrogen) atoms. The molecule has 0 aliphatic carbocycles. The topological polar surface area (TPSA) is 21.3 Å². The smallest absolute Gasteiger partial charge is 0.118 e. The molecule has 2 heteroatoms. The van der Waals surface area contributed by atoms with Crippen molar-refractivity contribution in [3.8, 4) is 5.75 Å². The van der Waals surface area contributed by atoms with Crippen LogP contribution in [0.2, 0.25) is 0 Å². The molecular weight excluding hydrogens is 246 g/mol. The molecule has 0 bridgehead atoms. The average molecular weight is 269 g/mol. The predicted molar refractivity (Wildman–Crippen MR) is 84.2 cm³/mol. The van der Waals surface area contributed by atoms with Crippen LogP contribution in [-0.2, 0) is 6.54 Å². The van der Waals surface area contributed by atoms with Gasteiger partial charge in [-0.15, -0.1) is 0 Å². The molecule has 0 heterocycles. The summed E-state index contributed by atoms with van der Waals surface area (Å²) in [5.74, 6) is 0.899. The zero-order chi connectivity index (χ0) is 14.5. The molecule has 0 aliphatic rings. The second kappa shape index (κ2) is 6.58. The largest absolute Gasteiger partial charge is 0.497 e. The molecule has 0 saturated carbocycles. The lowest BCUT2D eigenvalue weighted by atomic mass is 10.0. The SMILES string of the molecule is COc1ccc(CNC(C)c2cc(C)cc(C)c2)cc1. The van der Waals surface area contributed by atoms with Crippen LogP contribution >= 0.6 is 0 Å². The summed E-state index contributed by atoms with van der Waals surface area (Å²) in [5, 5.41) is 3.57. The highest BCUT2D eigenvalue weighted by Crippen LogP contribution is 2.18. The van der Waals surface area contributed by atoms with Gasteiger partial charge in [0, 0.05) is 12.6 Å². The zero-order valence-electron chi connectivity index (χ0n) is 12.7. The number of nitrogens with one attached hydrogen (secondary N) is 1. The minimum Gasteiger partial charge on any atom is -0.497 e. The molecule has 2 nitrogen and oxygen atoms in total. The number of methoxy groups -OCH3 is 1. The second-order valence-corrected chi connectivity index (χ2v) is 5.37. The van der Waals surface area contributed by atoms with Gasteiger partial charge < -0.3 is 10.1 Å². The van der Waals surface area contributed by atoms with Crippen LogP contribution in [0, 0.1) is 13.8 Å². The van der Waals surface area contributed by atoms with Crippen molar-refractivity contribution in [2.24, 2.45) is 0 Å². The minimum atomic E-state index is 0.343. The maximum Gasteiger partial charge on any atom is 0.118 e. The second-order valence-electron chi connectivity index (χ2n) is 5.37. The van der Waals surface area contributed by atoms with E-state index in [0.717, 1.165) is 12.3 Å². The molecule has 0 radical (unpaired) electrons. The van der Waals surface area contributed by atoms with Crippen molar-refractivity contribution in [1.82, 2.24) is 5.32 Å². The third-order valence-corrected chi connectivity index (χ3v) is 3.52. The summed E-state index contributed by atoms with van der Waals surface area (Å²) < 4.78 is 5.17. The van der Waals surface area contributed by atoms with Crippen LogP contribution in [-0.4, -0.2) is 7.11 Å². The first-order valence-corrected chi connectivity index (χ1v) is 7.03. The number of hydrogen-bond donors (Lipinski definition) is 1. The van der Waals surface area contributed by atoms with Crippen molar-refractivity contribution in [1.29, 1.82) is 0 Å². The first-order valence-electron chi connectivity index (χ1n) is 7.03. The summed E-state index contributed by atoms with van der Waals surface area (Å²) >= 11 is 0. The lowest BCUT2D eigenvalue weighted by Crippen LogP contribution is -2.18. The zero-order valence-corrected chi connectivity index (χ0v) is 12.7. The van der Waals surface area contributed by atoms with Gasteiger partial charge in [0.2, 0.25) is 0 Å². The molecule has 0 amide bonds. The van der Waals surface area contributed by atoms with Gasteiger partial charge in [0.1, 0.15) is 5.75 Å². The third-order valence-electron chi connectivity index (χ3n) is 3.52. The number of rotatable bonds is 5. The van der Waals surface area contributed by atoms with Crippen LogP contribution in [0.15, 0.2) is 42.5 Å². The molecule has 0 aromatic heterocycles. The Balaban J connectivity index is 1.98. The third kappa shape index (κ3) is 3.84. The summed E-state index contributed by atoms with van der Waals surface area (Å²) in [4.78, 5) is 0. The van der Waals surface area contributed by atoms with E-state index in [1.165, 1.54) is 22.3 Å². The number of aryl methyl sites for hydroxylation is 2. The van der Waals surface area contributed by atoms with E-state index in [0.29, 0.717) is 6.04 Å². The lowest BCUT2D eigenvalue weighted by Gasteiger charge is -2.16. The standard InChI is InChI=1S/C18H23NO/c1-13-9-14(2)11-17(10-13)15(3)19-12-16-5-7-18(20-4)8-6-16/h5-11,15,19H,12H2,1-4H3. The first kappa shape index (κ1) is 14.6. The van der Waals surface area contributed by atoms with E-state index in [2.05, 4.69) is 56.4 Å². The van der Waals surface area contributed by atoms with E-state index in [9.17, 15) is 0 Å². The summed E-state index contributed by atoms with van der Waals surface area (Å²) in [7, 11) is 1.69. The Labute approximate surface area is 121 Å². The maximum atomic E-state index is 5.17. The molecule has 2 aromatic carbocycles. The van der Waals surface area contributed by atoms with Crippen molar-refractivity contribution in [3.05, 3.63) is 64.7 Å². The maximum absolute atomic E-state index is 5.17. The minimum absolute atomic E-state index is 0.343. The Kier molecular flexibility index (Phi) is 4.80. The molecule has 0 aliphatic heterocycles. The monoisotopic (exact) mass is 269 g/mol. The molecule has 0 saturated heterocycles. The van der Waals surface area contributed by atoms with Crippen LogP contribution in [0.25, 0.3) is 0 Å². The Morgan fingerprint density at radius 2 is 1.60 bits per heavy atom. The van der Waals surface area contributed by atoms with Crippen LogP contribution in [0.3, 0.4) is 0 Å². The predicted octanol–water partition coefficient (Wildman–Crippen LogP) is 4.16. The summed E-state index contributed by atoms with van der Waals surface area (Å²) in [5.41, 5.74) is 5.24. The van der Waals surface area contributed by atoms with E-state index >= 15 is 0 Å². The van der Waals surface area contributed by atoms with Gasteiger partial charge in [-0.3, -0.25) is 0 Å². The van der Waals surface area contributed by atoms with E-state index in [1.54, 1.807) is 7.11 Å². The van der Waals surface area contributed by atoms with Crippen LogP contribution in [0.4, 0.5) is 0 Å². The van der Waals surface area contributed by atoms with Gasteiger partial charge in [0.15, 0.2) is 0 Å². The molecule has 2 rings (SSSR count). The fraction of sp³-hybridized carbons (Fsp3) is 0.333. The van der Waals surface area contributed by atoms with Gasteiger partial charge in [-0.2, -0.15) is 0 Å². The van der Waals surface area contributed by atoms with E-state index < -0.39 is 0 Å². The highest BCUT2D eigenvalue weighted by atomic mass is 16.5. The van der Waals surface area contributed by atoms with Gasteiger partial charge in [0.25, 0.3) is 0 Å². The quantitative estimate of drug-likeness (QED) is 0.880. The van der Waals surface area contributed by atoms with E-state index in [1.807, 2.05) is 12.1 Å². The lowest BCUT2D eigenvalue weighted by molar-refractivity contribution is 0.414. The van der Waals surface area contributed by atoms with E-state index in [-0.39, 0.29) is 0 Å². The van der Waals surface area contributed by atoms with Crippen LogP contribution < -0.4 is 10.1 Å². The highest BCUT2D eigenvalue weighted by Gasteiger charge is 2.06. The number of ether oxygens (including phenoxy) is 1. The summed E-state index contributed by atoms with van der Waals surface area (Å²) in [6.45, 7) is 7.36. The molecule has 0 fully saturated rings. The molecule has 1 unspecified atom stereocenters. The highest BCUT2D eigenvalue weighted by molar-refractivity contribution is 5.31. The number of benzene rings is 2. The Hall–Kier alpha value is -1.80. The number of hydrogen-bond acceptors (Lipinski definition) is 2. The van der Waals surface area contributed by atoms with E-state index in [4.69, 9.17) is 4.74 Å². The van der Waals surface area contributed by atoms with Crippen LogP contribution in [0.1, 0.15) is 35.2 Å². The van der Waals surface area contributed by atoms with Gasteiger partial charge >= 0.3 is 0 Å². The summed E-state index contributed by atoms with van der Waals surface area (Å²) in [6.07, 6.45) is 0. The fourth-order valence-electron chi connectivity index (χ4n) is 2.39. The van der Waals surface area contributed by atoms with Crippen molar-refractivity contribution >= 4 is 0 Å². The van der Waals surface area contributed by atoms with Gasteiger partial charge in [0.05, 0.1) is 7.11 Å². The Bertz CT molecular complexity index is 540. The molecule has 0 spiro atoms. The molecule has 1 atom stereocenters. The van der Waals surface area contributed by atoms with Gasteiger partial charge in [-0.25, -0.2) is 0 Å². The van der Waals surface area contributed by atoms with Gasteiger partial charge in [-0.1, -0.05) is 41.5 Å². The summed E-state index contributed by atoms with van der Waals surface area (Å²) in [6, 6.07) is 15.2. The van der Waals surface area contributed by atoms with Gasteiger partial charge in [-0.05, 0) is 44.0 Å². The fourth-order valence-corrected chi connectivity index (χ4v) is 2.39. The first-order chi connectivity index (χ1) is 9.58. The van der Waals surface area contributed by atoms with Crippen molar-refractivity contribution in [2.45, 2.75) is 33.4 Å². The average Bonchev–Trinajstić information content (AvgIpc) is 2.44. The Morgan fingerprint density at radius 1 is 1.00 bits per heavy atom. The molecular formula is C18H23NO. The molecule has 2 aromatic rings. The molecule has 106 valence electrons. The Morgan fingerprint density at radius 3 is 2.15 bits per heavy atom.